The van der Waals surface area contributed by atoms with Gasteiger partial charge in [-0.25, -0.2) is 4.79 Å². The standard InChI is InChI=1S/C17H27NO2/c1-4-6-8-11-15(5-2)14-18(3)20-17(19)16-12-9-7-10-13-16/h7,9-10,12-13,15H,4-6,8,11,14H2,1-3H3. The highest BCUT2D eigenvalue weighted by atomic mass is 16.7. The van der Waals surface area contributed by atoms with Gasteiger partial charge in [0.1, 0.15) is 0 Å². The Morgan fingerprint density at radius 3 is 2.50 bits per heavy atom. The Kier molecular flexibility index (Phi) is 7.97. The molecule has 1 aromatic carbocycles. The van der Waals surface area contributed by atoms with E-state index in [-0.39, 0.29) is 5.97 Å². The number of carbonyl (C=O) groups excluding carboxylic acids is 1. The van der Waals surface area contributed by atoms with E-state index >= 15 is 0 Å². The molecular weight excluding hydrogens is 250 g/mol. The van der Waals surface area contributed by atoms with E-state index < -0.39 is 0 Å². The lowest BCUT2D eigenvalue weighted by atomic mass is 9.99. The molecule has 0 amide bonds. The van der Waals surface area contributed by atoms with Crippen molar-refractivity contribution in [1.82, 2.24) is 5.06 Å². The number of rotatable bonds is 9. The maximum absolute atomic E-state index is 11.9. The Bertz CT molecular complexity index is 378. The summed E-state index contributed by atoms with van der Waals surface area (Å²) in [4.78, 5) is 17.3. The van der Waals surface area contributed by atoms with Crippen molar-refractivity contribution in [3.63, 3.8) is 0 Å². The summed E-state index contributed by atoms with van der Waals surface area (Å²) in [6.07, 6.45) is 6.11. The zero-order valence-corrected chi connectivity index (χ0v) is 13.0. The first-order valence-corrected chi connectivity index (χ1v) is 7.65. The van der Waals surface area contributed by atoms with E-state index in [0.29, 0.717) is 11.5 Å². The van der Waals surface area contributed by atoms with Gasteiger partial charge in [-0.3, -0.25) is 0 Å². The summed E-state index contributed by atoms with van der Waals surface area (Å²) >= 11 is 0. The maximum Gasteiger partial charge on any atom is 0.357 e. The van der Waals surface area contributed by atoms with Crippen LogP contribution in [-0.4, -0.2) is 24.6 Å². The summed E-state index contributed by atoms with van der Waals surface area (Å²) in [5, 5.41) is 1.68. The monoisotopic (exact) mass is 277 g/mol. The minimum atomic E-state index is -0.281. The Hall–Kier alpha value is -1.35. The van der Waals surface area contributed by atoms with Crippen LogP contribution in [0, 0.1) is 5.92 Å². The van der Waals surface area contributed by atoms with Gasteiger partial charge in [-0.05, 0) is 24.5 Å². The Morgan fingerprint density at radius 2 is 1.90 bits per heavy atom. The number of hydroxylamine groups is 2. The molecule has 0 N–H and O–H groups in total. The Labute approximate surface area is 122 Å². The predicted molar refractivity (Wildman–Crippen MR) is 82.4 cm³/mol. The van der Waals surface area contributed by atoms with Gasteiger partial charge in [0.2, 0.25) is 0 Å². The van der Waals surface area contributed by atoms with Crippen molar-refractivity contribution in [1.29, 1.82) is 0 Å². The van der Waals surface area contributed by atoms with E-state index in [9.17, 15) is 4.79 Å². The average Bonchev–Trinajstić information content (AvgIpc) is 2.47. The molecule has 1 atom stereocenters. The number of unbranched alkanes of at least 4 members (excludes halogenated alkanes) is 2. The molecule has 0 saturated heterocycles. The van der Waals surface area contributed by atoms with Crippen molar-refractivity contribution in [2.24, 2.45) is 5.92 Å². The molecule has 0 radical (unpaired) electrons. The molecule has 1 aromatic rings. The number of benzene rings is 1. The summed E-state index contributed by atoms with van der Waals surface area (Å²) in [7, 11) is 1.84. The van der Waals surface area contributed by atoms with E-state index in [2.05, 4.69) is 13.8 Å². The lowest BCUT2D eigenvalue weighted by Crippen LogP contribution is -2.28. The number of nitrogens with zero attached hydrogens (tertiary/aromatic N) is 1. The molecule has 0 heterocycles. The van der Waals surface area contributed by atoms with Crippen LogP contribution in [0.3, 0.4) is 0 Å². The SMILES string of the molecule is CCCCCC(CC)CN(C)OC(=O)c1ccccc1. The van der Waals surface area contributed by atoms with Gasteiger partial charge in [0, 0.05) is 13.6 Å². The normalized spacial score (nSPS) is 12.4. The molecule has 0 aliphatic carbocycles. The van der Waals surface area contributed by atoms with Crippen LogP contribution in [0.15, 0.2) is 30.3 Å². The third-order valence-electron chi connectivity index (χ3n) is 3.56. The second-order valence-electron chi connectivity index (χ2n) is 5.33. The molecule has 0 aliphatic heterocycles. The topological polar surface area (TPSA) is 29.5 Å². The first-order chi connectivity index (χ1) is 9.67. The summed E-state index contributed by atoms with van der Waals surface area (Å²) in [5.41, 5.74) is 0.596. The summed E-state index contributed by atoms with van der Waals surface area (Å²) in [5.74, 6) is 0.312. The first kappa shape index (κ1) is 16.7. The van der Waals surface area contributed by atoms with Gasteiger partial charge < -0.3 is 4.84 Å². The van der Waals surface area contributed by atoms with E-state index in [4.69, 9.17) is 4.84 Å². The quantitative estimate of drug-likeness (QED) is 0.498. The molecule has 3 heteroatoms. The van der Waals surface area contributed by atoms with Gasteiger partial charge in [-0.1, -0.05) is 57.7 Å². The van der Waals surface area contributed by atoms with Crippen LogP contribution >= 0.6 is 0 Å². The molecule has 1 unspecified atom stereocenters. The van der Waals surface area contributed by atoms with Crippen LogP contribution in [0.4, 0.5) is 0 Å². The molecule has 112 valence electrons. The van der Waals surface area contributed by atoms with Crippen molar-refractivity contribution < 1.29 is 9.63 Å². The lowest BCUT2D eigenvalue weighted by Gasteiger charge is -2.22. The molecule has 0 spiro atoms. The zero-order chi connectivity index (χ0) is 14.8. The molecule has 20 heavy (non-hydrogen) atoms. The number of hydrogen-bond acceptors (Lipinski definition) is 3. The minimum absolute atomic E-state index is 0.281. The van der Waals surface area contributed by atoms with Crippen LogP contribution < -0.4 is 0 Å². The smallest absolute Gasteiger partial charge is 0.357 e. The van der Waals surface area contributed by atoms with Crippen LogP contribution in [-0.2, 0) is 4.84 Å². The van der Waals surface area contributed by atoms with E-state index in [0.717, 1.165) is 13.0 Å². The zero-order valence-electron chi connectivity index (χ0n) is 13.0. The number of carbonyl (C=O) groups is 1. The second kappa shape index (κ2) is 9.54. The summed E-state index contributed by atoms with van der Waals surface area (Å²) in [6.45, 7) is 5.22. The van der Waals surface area contributed by atoms with Gasteiger partial charge in [0.15, 0.2) is 0 Å². The van der Waals surface area contributed by atoms with Gasteiger partial charge in [-0.2, -0.15) is 0 Å². The molecule has 0 fully saturated rings. The van der Waals surface area contributed by atoms with E-state index in [1.165, 1.54) is 25.7 Å². The molecule has 3 nitrogen and oxygen atoms in total. The highest BCUT2D eigenvalue weighted by Crippen LogP contribution is 2.15. The van der Waals surface area contributed by atoms with Crippen molar-refractivity contribution in [2.75, 3.05) is 13.6 Å². The average molecular weight is 277 g/mol. The Balaban J connectivity index is 2.37. The molecule has 0 aliphatic rings. The van der Waals surface area contributed by atoms with Crippen molar-refractivity contribution in [2.45, 2.75) is 46.0 Å². The summed E-state index contributed by atoms with van der Waals surface area (Å²) < 4.78 is 0. The van der Waals surface area contributed by atoms with Crippen LogP contribution in [0.2, 0.25) is 0 Å². The van der Waals surface area contributed by atoms with Crippen LogP contribution in [0.5, 0.6) is 0 Å². The third kappa shape index (κ3) is 6.20. The molecule has 1 rings (SSSR count). The fourth-order valence-corrected chi connectivity index (χ4v) is 2.28. The van der Waals surface area contributed by atoms with Gasteiger partial charge in [0.25, 0.3) is 0 Å². The number of hydrogen-bond donors (Lipinski definition) is 0. The van der Waals surface area contributed by atoms with Crippen molar-refractivity contribution >= 4 is 5.97 Å². The largest absolute Gasteiger partial charge is 0.364 e. The maximum atomic E-state index is 11.9. The molecular formula is C17H27NO2. The highest BCUT2D eigenvalue weighted by molar-refractivity contribution is 5.89. The third-order valence-corrected chi connectivity index (χ3v) is 3.56. The summed E-state index contributed by atoms with van der Waals surface area (Å²) in [6, 6.07) is 9.12. The fraction of sp³-hybridized carbons (Fsp3) is 0.588. The van der Waals surface area contributed by atoms with Gasteiger partial charge in [-0.15, -0.1) is 5.06 Å². The fourth-order valence-electron chi connectivity index (χ4n) is 2.28. The lowest BCUT2D eigenvalue weighted by molar-refractivity contribution is -0.0990. The second-order valence-corrected chi connectivity index (χ2v) is 5.33. The van der Waals surface area contributed by atoms with Crippen LogP contribution in [0.1, 0.15) is 56.3 Å². The minimum Gasteiger partial charge on any atom is -0.364 e. The first-order valence-electron chi connectivity index (χ1n) is 7.65. The predicted octanol–water partition coefficient (Wildman–Crippen LogP) is 4.30. The Morgan fingerprint density at radius 1 is 1.20 bits per heavy atom. The van der Waals surface area contributed by atoms with Crippen LogP contribution in [0.25, 0.3) is 0 Å². The molecule has 0 saturated carbocycles. The van der Waals surface area contributed by atoms with E-state index in [1.807, 2.05) is 25.2 Å². The van der Waals surface area contributed by atoms with E-state index in [1.54, 1.807) is 17.2 Å². The van der Waals surface area contributed by atoms with Crippen molar-refractivity contribution in [3.05, 3.63) is 35.9 Å². The molecule has 0 bridgehead atoms. The van der Waals surface area contributed by atoms with Crippen molar-refractivity contribution in [3.8, 4) is 0 Å². The highest BCUT2D eigenvalue weighted by Gasteiger charge is 2.14. The van der Waals surface area contributed by atoms with Gasteiger partial charge in [0.05, 0.1) is 5.56 Å². The van der Waals surface area contributed by atoms with Gasteiger partial charge >= 0.3 is 5.97 Å². The molecule has 0 aromatic heterocycles.